The van der Waals surface area contributed by atoms with Crippen LogP contribution in [0.4, 0.5) is 0 Å². The van der Waals surface area contributed by atoms with Crippen LogP contribution in [0.15, 0.2) is 59.4 Å². The third-order valence-corrected chi connectivity index (χ3v) is 5.14. The number of imidazole rings is 1. The van der Waals surface area contributed by atoms with Gasteiger partial charge in [0.15, 0.2) is 0 Å². The Balaban J connectivity index is 1.39. The van der Waals surface area contributed by atoms with Gasteiger partial charge in [-0.2, -0.15) is 0 Å². The summed E-state index contributed by atoms with van der Waals surface area (Å²) in [6, 6.07) is 16.6. The molecule has 28 heavy (non-hydrogen) atoms. The number of H-pyrrole nitrogens is 1. The summed E-state index contributed by atoms with van der Waals surface area (Å²) < 4.78 is 1.61. The average Bonchev–Trinajstić information content (AvgIpc) is 3.22. The number of carbonyl (C=O) groups excluding carboxylic acids is 2. The van der Waals surface area contributed by atoms with Gasteiger partial charge in [0.25, 0.3) is 0 Å². The van der Waals surface area contributed by atoms with Crippen molar-refractivity contribution in [3.05, 3.63) is 70.6 Å². The van der Waals surface area contributed by atoms with E-state index < -0.39 is 6.04 Å². The molecule has 4 rings (SSSR count). The molecule has 0 saturated carbocycles. The van der Waals surface area contributed by atoms with Gasteiger partial charge in [-0.15, -0.1) is 0 Å². The van der Waals surface area contributed by atoms with E-state index >= 15 is 0 Å². The molecule has 0 aliphatic carbocycles. The molecule has 1 aliphatic heterocycles. The molecule has 7 heteroatoms. The van der Waals surface area contributed by atoms with Crippen molar-refractivity contribution in [2.45, 2.75) is 32.0 Å². The second kappa shape index (κ2) is 7.72. The summed E-state index contributed by atoms with van der Waals surface area (Å²) >= 11 is 0. The highest BCUT2D eigenvalue weighted by Crippen LogP contribution is 2.21. The van der Waals surface area contributed by atoms with E-state index in [1.807, 2.05) is 54.6 Å². The smallest absolute Gasteiger partial charge is 0.326 e. The van der Waals surface area contributed by atoms with Gasteiger partial charge in [-0.3, -0.25) is 14.2 Å². The topological polar surface area (TPSA) is 87.2 Å². The number of aromatic amines is 1. The zero-order chi connectivity index (χ0) is 19.5. The van der Waals surface area contributed by atoms with Gasteiger partial charge in [0.2, 0.25) is 11.8 Å². The predicted octanol–water partition coefficient (Wildman–Crippen LogP) is 1.64. The third-order valence-electron chi connectivity index (χ3n) is 5.14. The van der Waals surface area contributed by atoms with Gasteiger partial charge >= 0.3 is 5.69 Å². The van der Waals surface area contributed by atoms with Crippen LogP contribution in [0, 0.1) is 0 Å². The van der Waals surface area contributed by atoms with Crippen molar-refractivity contribution in [3.63, 3.8) is 0 Å². The van der Waals surface area contributed by atoms with Crippen LogP contribution < -0.4 is 11.0 Å². The number of carbonyl (C=O) groups is 2. The summed E-state index contributed by atoms with van der Waals surface area (Å²) in [5.41, 5.74) is 2.39. The summed E-state index contributed by atoms with van der Waals surface area (Å²) in [7, 11) is 0. The monoisotopic (exact) mass is 378 g/mol. The van der Waals surface area contributed by atoms with Gasteiger partial charge in [0.1, 0.15) is 6.04 Å². The maximum Gasteiger partial charge on any atom is 0.326 e. The van der Waals surface area contributed by atoms with E-state index in [2.05, 4.69) is 10.3 Å². The normalized spacial score (nSPS) is 16.6. The molecule has 1 unspecified atom stereocenters. The number of hydrogen-bond donors (Lipinski definition) is 2. The summed E-state index contributed by atoms with van der Waals surface area (Å²) in [6.07, 6.45) is 0.900. The molecule has 2 aromatic carbocycles. The zero-order valence-corrected chi connectivity index (χ0v) is 15.4. The summed E-state index contributed by atoms with van der Waals surface area (Å²) in [5, 5.41) is 2.88. The second-order valence-corrected chi connectivity index (χ2v) is 6.95. The van der Waals surface area contributed by atoms with Crippen molar-refractivity contribution in [1.82, 2.24) is 19.8 Å². The van der Waals surface area contributed by atoms with Gasteiger partial charge in [0.05, 0.1) is 11.0 Å². The molecule has 2 amide bonds. The van der Waals surface area contributed by atoms with Crippen LogP contribution in [0.25, 0.3) is 11.0 Å². The van der Waals surface area contributed by atoms with Gasteiger partial charge in [-0.05, 0) is 24.1 Å². The molecule has 7 nitrogen and oxygen atoms in total. The number of rotatable bonds is 6. The predicted molar refractivity (Wildman–Crippen MR) is 106 cm³/mol. The molecule has 0 spiro atoms. The third kappa shape index (κ3) is 3.55. The van der Waals surface area contributed by atoms with Crippen LogP contribution in [0.1, 0.15) is 18.4 Å². The van der Waals surface area contributed by atoms with Crippen molar-refractivity contribution in [1.29, 1.82) is 0 Å². The highest BCUT2D eigenvalue weighted by molar-refractivity contribution is 5.90. The minimum Gasteiger partial charge on any atom is -0.353 e. The first-order valence-corrected chi connectivity index (χ1v) is 9.42. The molecule has 144 valence electrons. The number of nitrogens with one attached hydrogen (secondary N) is 2. The molecule has 3 aromatic rings. The Hall–Kier alpha value is -3.35. The number of fused-ring (bicyclic) bond motifs is 1. The van der Waals surface area contributed by atoms with E-state index in [-0.39, 0.29) is 17.5 Å². The highest BCUT2D eigenvalue weighted by Gasteiger charge is 2.35. The molecule has 1 aromatic heterocycles. The quantitative estimate of drug-likeness (QED) is 0.684. The van der Waals surface area contributed by atoms with E-state index in [9.17, 15) is 14.4 Å². The molecular formula is C21H22N4O3. The van der Waals surface area contributed by atoms with Gasteiger partial charge in [0, 0.05) is 26.1 Å². The maximum atomic E-state index is 12.7. The number of likely N-dealkylation sites (tertiary alicyclic amines) is 1. The number of hydrogen-bond acceptors (Lipinski definition) is 3. The van der Waals surface area contributed by atoms with E-state index in [1.165, 1.54) is 0 Å². The lowest BCUT2D eigenvalue weighted by Crippen LogP contribution is -2.45. The van der Waals surface area contributed by atoms with Crippen LogP contribution in [-0.2, 0) is 22.7 Å². The average molecular weight is 378 g/mol. The van der Waals surface area contributed by atoms with Crippen LogP contribution in [0.5, 0.6) is 0 Å². The van der Waals surface area contributed by atoms with E-state index in [0.29, 0.717) is 32.5 Å². The number of nitrogens with zero attached hydrogens (tertiary/aromatic N) is 2. The molecule has 1 saturated heterocycles. The van der Waals surface area contributed by atoms with Crippen LogP contribution in [-0.4, -0.2) is 38.9 Å². The first-order valence-electron chi connectivity index (χ1n) is 9.42. The summed E-state index contributed by atoms with van der Waals surface area (Å²) in [6.45, 7) is 1.12. The lowest BCUT2D eigenvalue weighted by Gasteiger charge is -2.24. The first-order chi connectivity index (χ1) is 13.6. The lowest BCUT2D eigenvalue weighted by molar-refractivity contribution is -0.135. The van der Waals surface area contributed by atoms with Crippen molar-refractivity contribution in [3.8, 4) is 0 Å². The molecule has 2 N–H and O–H groups in total. The fourth-order valence-electron chi connectivity index (χ4n) is 3.72. The van der Waals surface area contributed by atoms with E-state index in [4.69, 9.17) is 0 Å². The van der Waals surface area contributed by atoms with Crippen LogP contribution >= 0.6 is 0 Å². The standard InChI is InChI=1S/C21H22N4O3/c26-19-11-10-18(25(19)14-15-6-2-1-3-7-15)20(27)22-12-13-24-17-9-5-4-8-16(17)23-21(24)28/h1-9,18H,10-14H2,(H,22,27)(H,23,28). The SMILES string of the molecule is O=C(NCCn1c(=O)[nH]c2ccccc21)C1CCC(=O)N1Cc1ccccc1. The maximum absolute atomic E-state index is 12.7. The molecule has 1 fully saturated rings. The van der Waals surface area contributed by atoms with Crippen molar-refractivity contribution >= 4 is 22.8 Å². The molecule has 0 radical (unpaired) electrons. The fraction of sp³-hybridized carbons (Fsp3) is 0.286. The van der Waals surface area contributed by atoms with Crippen molar-refractivity contribution in [2.24, 2.45) is 0 Å². The molecule has 1 atom stereocenters. The first kappa shape index (κ1) is 18.0. The largest absolute Gasteiger partial charge is 0.353 e. The van der Waals surface area contributed by atoms with Gasteiger partial charge in [-0.1, -0.05) is 42.5 Å². The number of aromatic nitrogens is 2. The van der Waals surface area contributed by atoms with Crippen LogP contribution in [0.3, 0.4) is 0 Å². The number of para-hydroxylation sites is 2. The fourth-order valence-corrected chi connectivity index (χ4v) is 3.72. The minimum absolute atomic E-state index is 0.00292. The van der Waals surface area contributed by atoms with Crippen LogP contribution in [0.2, 0.25) is 0 Å². The molecule has 1 aliphatic rings. The summed E-state index contributed by atoms with van der Waals surface area (Å²) in [4.78, 5) is 41.5. The second-order valence-electron chi connectivity index (χ2n) is 6.95. The molecule has 2 heterocycles. The van der Waals surface area contributed by atoms with Gasteiger partial charge in [-0.25, -0.2) is 4.79 Å². The van der Waals surface area contributed by atoms with E-state index in [0.717, 1.165) is 16.6 Å². The van der Waals surface area contributed by atoms with E-state index in [1.54, 1.807) is 9.47 Å². The number of amides is 2. The van der Waals surface area contributed by atoms with Crippen molar-refractivity contribution in [2.75, 3.05) is 6.54 Å². The van der Waals surface area contributed by atoms with Gasteiger partial charge < -0.3 is 15.2 Å². The Morgan fingerprint density at radius 3 is 2.64 bits per heavy atom. The lowest BCUT2D eigenvalue weighted by atomic mass is 10.1. The summed E-state index contributed by atoms with van der Waals surface area (Å²) in [5.74, 6) is -0.175. The Bertz CT molecular complexity index is 1050. The Morgan fingerprint density at radius 2 is 1.82 bits per heavy atom. The Labute approximate surface area is 162 Å². The zero-order valence-electron chi connectivity index (χ0n) is 15.4. The Kier molecular flexibility index (Phi) is 4.97. The van der Waals surface area contributed by atoms with Crippen molar-refractivity contribution < 1.29 is 9.59 Å². The highest BCUT2D eigenvalue weighted by atomic mass is 16.2. The number of benzene rings is 2. The molecule has 0 bridgehead atoms. The Morgan fingerprint density at radius 1 is 1.07 bits per heavy atom. The molecular weight excluding hydrogens is 356 g/mol. The minimum atomic E-state index is -0.465.